The quantitative estimate of drug-likeness (QED) is 0.811. The number of nitrogens with zero attached hydrogens (tertiary/aromatic N) is 1. The van der Waals surface area contributed by atoms with Crippen molar-refractivity contribution in [3.8, 4) is 11.5 Å². The van der Waals surface area contributed by atoms with Crippen molar-refractivity contribution < 1.29 is 24.2 Å². The van der Waals surface area contributed by atoms with Crippen LogP contribution >= 0.6 is 0 Å². The Bertz CT molecular complexity index is 740. The van der Waals surface area contributed by atoms with E-state index in [1.165, 1.54) is 0 Å². The van der Waals surface area contributed by atoms with E-state index in [2.05, 4.69) is 10.3 Å². The number of nitrogens with one attached hydrogen (secondary N) is 1. The summed E-state index contributed by atoms with van der Waals surface area (Å²) in [6.07, 6.45) is 3.57. The number of rotatable bonds is 5. The smallest absolute Gasteiger partial charge is 0.319 e. The van der Waals surface area contributed by atoms with Gasteiger partial charge in [0.05, 0.1) is 6.20 Å². The van der Waals surface area contributed by atoms with Crippen LogP contribution in [0.15, 0.2) is 48.8 Å². The van der Waals surface area contributed by atoms with Crippen molar-refractivity contribution in [3.05, 3.63) is 48.8 Å². The molecule has 0 saturated carbocycles. The van der Waals surface area contributed by atoms with E-state index in [1.54, 1.807) is 48.8 Å². The fourth-order valence-electron chi connectivity index (χ4n) is 2.66. The summed E-state index contributed by atoms with van der Waals surface area (Å²) in [6.45, 7) is 0.523. The monoisotopic (exact) mass is 342 g/mol. The molecule has 1 fully saturated rings. The molecule has 1 aromatic heterocycles. The van der Waals surface area contributed by atoms with Crippen LogP contribution in [0.2, 0.25) is 0 Å². The Morgan fingerprint density at radius 3 is 2.44 bits per heavy atom. The summed E-state index contributed by atoms with van der Waals surface area (Å²) in [7, 11) is 0. The third kappa shape index (κ3) is 3.77. The number of ether oxygens (including phenoxy) is 2. The van der Waals surface area contributed by atoms with Crippen LogP contribution in [0.3, 0.4) is 0 Å². The molecule has 7 nitrogen and oxygen atoms in total. The lowest BCUT2D eigenvalue weighted by Gasteiger charge is -2.31. The number of carboxylic acid groups (broad SMARTS) is 1. The number of carboxylic acids is 1. The van der Waals surface area contributed by atoms with E-state index in [4.69, 9.17) is 9.47 Å². The zero-order valence-corrected chi connectivity index (χ0v) is 13.5. The number of carbonyl (C=O) groups is 2. The molecular weight excluding hydrogens is 324 g/mol. The SMILES string of the molecule is O=C(O)C1(C(=O)Nc2ccc(Oc3cccnc3)cc2)CCOCC1. The van der Waals surface area contributed by atoms with Crippen molar-refractivity contribution >= 4 is 17.6 Å². The Morgan fingerprint density at radius 2 is 1.84 bits per heavy atom. The van der Waals surface area contributed by atoms with Crippen molar-refractivity contribution in [2.45, 2.75) is 12.8 Å². The molecule has 0 radical (unpaired) electrons. The van der Waals surface area contributed by atoms with Gasteiger partial charge in [0.2, 0.25) is 5.91 Å². The molecule has 0 spiro atoms. The summed E-state index contributed by atoms with van der Waals surface area (Å²) in [5.41, 5.74) is -0.931. The highest BCUT2D eigenvalue weighted by atomic mass is 16.5. The fraction of sp³-hybridized carbons (Fsp3) is 0.278. The number of hydrogen-bond acceptors (Lipinski definition) is 5. The summed E-state index contributed by atoms with van der Waals surface area (Å²) < 4.78 is 10.8. The molecule has 0 bridgehead atoms. The highest BCUT2D eigenvalue weighted by molar-refractivity contribution is 6.08. The summed E-state index contributed by atoms with van der Waals surface area (Å²) >= 11 is 0. The van der Waals surface area contributed by atoms with Crippen LogP contribution in [-0.4, -0.2) is 35.2 Å². The minimum atomic E-state index is -1.44. The Kier molecular flexibility index (Phi) is 4.95. The number of hydrogen-bond donors (Lipinski definition) is 2. The van der Waals surface area contributed by atoms with Gasteiger partial charge in [-0.2, -0.15) is 0 Å². The Hall–Kier alpha value is -2.93. The van der Waals surface area contributed by atoms with E-state index >= 15 is 0 Å². The second-order valence-corrected chi connectivity index (χ2v) is 5.77. The normalized spacial score (nSPS) is 16.0. The summed E-state index contributed by atoms with van der Waals surface area (Å²) in [5, 5.41) is 12.2. The first-order valence-electron chi connectivity index (χ1n) is 7.91. The third-order valence-corrected chi connectivity index (χ3v) is 4.17. The number of aliphatic carboxylic acids is 1. The van der Waals surface area contributed by atoms with E-state index in [1.807, 2.05) is 0 Å². The maximum atomic E-state index is 12.5. The molecule has 0 atom stereocenters. The van der Waals surface area contributed by atoms with Crippen molar-refractivity contribution in [2.24, 2.45) is 5.41 Å². The molecule has 7 heteroatoms. The first-order valence-corrected chi connectivity index (χ1v) is 7.91. The van der Waals surface area contributed by atoms with Crippen molar-refractivity contribution in [3.63, 3.8) is 0 Å². The van der Waals surface area contributed by atoms with Crippen molar-refractivity contribution in [2.75, 3.05) is 18.5 Å². The average Bonchev–Trinajstić information content (AvgIpc) is 2.64. The second kappa shape index (κ2) is 7.31. The molecule has 3 rings (SSSR count). The summed E-state index contributed by atoms with van der Waals surface area (Å²) in [4.78, 5) is 28.1. The van der Waals surface area contributed by atoms with E-state index in [-0.39, 0.29) is 26.1 Å². The Morgan fingerprint density at radius 1 is 1.12 bits per heavy atom. The van der Waals surface area contributed by atoms with Gasteiger partial charge in [0.25, 0.3) is 0 Å². The number of amides is 1. The van der Waals surface area contributed by atoms with Crippen LogP contribution < -0.4 is 10.1 Å². The van der Waals surface area contributed by atoms with Crippen molar-refractivity contribution in [1.29, 1.82) is 0 Å². The predicted octanol–water partition coefficient (Wildman–Crippen LogP) is 2.69. The van der Waals surface area contributed by atoms with E-state index < -0.39 is 17.3 Å². The molecule has 0 unspecified atom stereocenters. The van der Waals surface area contributed by atoms with Crippen LogP contribution in [0.4, 0.5) is 5.69 Å². The topological polar surface area (TPSA) is 97.8 Å². The highest BCUT2D eigenvalue weighted by Crippen LogP contribution is 2.33. The van der Waals surface area contributed by atoms with Gasteiger partial charge in [-0.25, -0.2) is 0 Å². The molecule has 25 heavy (non-hydrogen) atoms. The van der Waals surface area contributed by atoms with Crippen LogP contribution in [0, 0.1) is 5.41 Å². The number of carbonyl (C=O) groups excluding carboxylic acids is 1. The largest absolute Gasteiger partial charge is 0.480 e. The minimum Gasteiger partial charge on any atom is -0.480 e. The molecule has 1 aliphatic heterocycles. The van der Waals surface area contributed by atoms with Crippen LogP contribution in [0.25, 0.3) is 0 Å². The van der Waals surface area contributed by atoms with Gasteiger partial charge >= 0.3 is 5.97 Å². The Balaban J connectivity index is 1.68. The third-order valence-electron chi connectivity index (χ3n) is 4.17. The molecule has 2 N–H and O–H groups in total. The lowest BCUT2D eigenvalue weighted by molar-refractivity contribution is -0.160. The number of aromatic nitrogens is 1. The fourth-order valence-corrected chi connectivity index (χ4v) is 2.66. The summed E-state index contributed by atoms with van der Waals surface area (Å²) in [6, 6.07) is 10.3. The molecule has 2 aromatic rings. The maximum Gasteiger partial charge on any atom is 0.319 e. The van der Waals surface area contributed by atoms with Gasteiger partial charge in [-0.15, -0.1) is 0 Å². The van der Waals surface area contributed by atoms with Gasteiger partial charge in [-0.3, -0.25) is 14.6 Å². The molecule has 2 heterocycles. The van der Waals surface area contributed by atoms with E-state index in [0.717, 1.165) is 0 Å². The second-order valence-electron chi connectivity index (χ2n) is 5.77. The summed E-state index contributed by atoms with van der Waals surface area (Å²) in [5.74, 6) is -0.453. The van der Waals surface area contributed by atoms with Gasteiger partial charge < -0.3 is 19.9 Å². The van der Waals surface area contributed by atoms with E-state index in [0.29, 0.717) is 17.2 Å². The number of pyridine rings is 1. The molecule has 1 saturated heterocycles. The highest BCUT2D eigenvalue weighted by Gasteiger charge is 2.47. The molecule has 1 amide bonds. The first kappa shape index (κ1) is 16.9. The lowest BCUT2D eigenvalue weighted by atomic mass is 9.79. The van der Waals surface area contributed by atoms with Crippen molar-refractivity contribution in [1.82, 2.24) is 4.98 Å². The van der Waals surface area contributed by atoms with Crippen LogP contribution in [-0.2, 0) is 14.3 Å². The van der Waals surface area contributed by atoms with Crippen LogP contribution in [0.1, 0.15) is 12.8 Å². The van der Waals surface area contributed by atoms with Crippen LogP contribution in [0.5, 0.6) is 11.5 Å². The van der Waals surface area contributed by atoms with E-state index in [9.17, 15) is 14.7 Å². The standard InChI is InChI=1S/C18H18N2O5/c21-16(18(17(22)23)7-10-24-11-8-18)20-13-3-5-14(6-4-13)25-15-2-1-9-19-12-15/h1-6,9,12H,7-8,10-11H2,(H,20,21)(H,22,23). The van der Waals surface area contributed by atoms with Gasteiger partial charge in [-0.1, -0.05) is 0 Å². The number of anilines is 1. The molecule has 0 aliphatic carbocycles. The molecule has 130 valence electrons. The lowest BCUT2D eigenvalue weighted by Crippen LogP contribution is -2.47. The number of benzene rings is 1. The first-order chi connectivity index (χ1) is 12.1. The zero-order chi connectivity index (χ0) is 17.7. The molecule has 1 aliphatic rings. The molecule has 1 aromatic carbocycles. The van der Waals surface area contributed by atoms with Gasteiger partial charge in [0, 0.05) is 25.1 Å². The minimum absolute atomic E-state index is 0.163. The molecular formula is C18H18N2O5. The Labute approximate surface area is 144 Å². The van der Waals surface area contributed by atoms with Gasteiger partial charge in [0.1, 0.15) is 11.5 Å². The predicted molar refractivity (Wildman–Crippen MR) is 89.5 cm³/mol. The van der Waals surface area contributed by atoms with Gasteiger partial charge in [0.15, 0.2) is 5.41 Å². The van der Waals surface area contributed by atoms with Gasteiger partial charge in [-0.05, 0) is 49.2 Å². The average molecular weight is 342 g/mol. The zero-order valence-electron chi connectivity index (χ0n) is 13.5. The maximum absolute atomic E-state index is 12.5.